The zero-order valence-electron chi connectivity index (χ0n) is 7.42. The average molecular weight is 256 g/mol. The fourth-order valence-electron chi connectivity index (χ4n) is 0.843. The second-order valence-corrected chi connectivity index (χ2v) is 4.16. The molecule has 1 N–H and O–H groups in total. The Hall–Kier alpha value is -1.44. The van der Waals surface area contributed by atoms with E-state index < -0.39 is 38.6 Å². The molecule has 1 aromatic carbocycles. The Morgan fingerprint density at radius 1 is 1.31 bits per heavy atom. The molecule has 0 saturated heterocycles. The quantitative estimate of drug-likeness (QED) is 0.838. The Bertz CT molecular complexity index is 461. The van der Waals surface area contributed by atoms with Crippen molar-refractivity contribution < 1.29 is 31.7 Å². The van der Waals surface area contributed by atoms with Gasteiger partial charge in [-0.05, 0) is 12.1 Å². The number of hydrogen-bond acceptors (Lipinski definition) is 2. The smallest absolute Gasteiger partial charge is 0.419 e. The molecule has 0 heterocycles. The van der Waals surface area contributed by atoms with Crippen LogP contribution in [0.3, 0.4) is 0 Å². The number of halogens is 4. The molecule has 8 heteroatoms. The third-order valence-electron chi connectivity index (χ3n) is 1.58. The largest absolute Gasteiger partial charge is 0.476 e. The molecule has 0 amide bonds. The van der Waals surface area contributed by atoms with Crippen LogP contribution in [0.4, 0.5) is 17.6 Å². The second kappa shape index (κ2) is 4.20. The van der Waals surface area contributed by atoms with Crippen molar-refractivity contribution in [1.82, 2.24) is 0 Å². The molecule has 1 unspecified atom stereocenters. The highest BCUT2D eigenvalue weighted by Gasteiger charge is 2.47. The van der Waals surface area contributed by atoms with Crippen LogP contribution in [-0.4, -0.2) is 20.5 Å². The summed E-state index contributed by atoms with van der Waals surface area (Å²) in [7, 11) is -3.42. The van der Waals surface area contributed by atoms with Crippen molar-refractivity contribution in [1.29, 1.82) is 0 Å². The summed E-state index contributed by atoms with van der Waals surface area (Å²) in [5, 5.41) is 3.45. The van der Waals surface area contributed by atoms with Crippen molar-refractivity contribution in [2.24, 2.45) is 0 Å². The van der Waals surface area contributed by atoms with Gasteiger partial charge in [-0.1, -0.05) is 0 Å². The molecule has 0 fully saturated rings. The molecule has 1 rings (SSSR count). The van der Waals surface area contributed by atoms with Gasteiger partial charge in [-0.25, -0.2) is 17.8 Å². The van der Waals surface area contributed by atoms with Gasteiger partial charge in [-0.2, -0.15) is 8.78 Å². The summed E-state index contributed by atoms with van der Waals surface area (Å²) < 4.78 is 61.9. The first-order valence-electron chi connectivity index (χ1n) is 3.75. The first-order valence-corrected chi connectivity index (χ1v) is 4.90. The van der Waals surface area contributed by atoms with Crippen molar-refractivity contribution in [3.05, 3.63) is 29.8 Å². The van der Waals surface area contributed by atoms with Gasteiger partial charge in [0.15, 0.2) is 0 Å². The molecular formula is C8H4F4O3S. The molecule has 1 atom stereocenters. The van der Waals surface area contributed by atoms with Gasteiger partial charge >= 0.3 is 11.2 Å². The first-order chi connectivity index (χ1) is 7.26. The van der Waals surface area contributed by atoms with E-state index in [2.05, 4.69) is 0 Å². The standard InChI is InChI=1S/C8H4F4O3S/c9-4-1-2-6(5(10)3-4)16(15)8(11,12)7(13)14/h1-3H,(H,13,14). The van der Waals surface area contributed by atoms with Gasteiger partial charge in [-0.15, -0.1) is 0 Å². The Balaban J connectivity index is 3.20. The monoisotopic (exact) mass is 256 g/mol. The normalized spacial score (nSPS) is 13.5. The van der Waals surface area contributed by atoms with Gasteiger partial charge < -0.3 is 5.11 Å². The van der Waals surface area contributed by atoms with Crippen LogP contribution in [0.5, 0.6) is 0 Å². The maximum Gasteiger partial charge on any atom is 0.419 e. The van der Waals surface area contributed by atoms with Gasteiger partial charge in [0.05, 0.1) is 4.90 Å². The number of hydrogen-bond donors (Lipinski definition) is 1. The lowest BCUT2D eigenvalue weighted by atomic mass is 10.3. The summed E-state index contributed by atoms with van der Waals surface area (Å²) in [6, 6.07) is 1.36. The Morgan fingerprint density at radius 3 is 2.31 bits per heavy atom. The fraction of sp³-hybridized carbons (Fsp3) is 0.125. The highest BCUT2D eigenvalue weighted by atomic mass is 32.2. The molecule has 0 spiro atoms. The van der Waals surface area contributed by atoms with Gasteiger partial charge in [-0.3, -0.25) is 0 Å². The molecule has 1 aromatic rings. The van der Waals surface area contributed by atoms with E-state index >= 15 is 0 Å². The van der Waals surface area contributed by atoms with Crippen LogP contribution in [0.25, 0.3) is 0 Å². The lowest BCUT2D eigenvalue weighted by Crippen LogP contribution is -2.33. The number of carbonyl (C=O) groups is 1. The number of benzene rings is 1. The maximum atomic E-state index is 12.9. The van der Waals surface area contributed by atoms with Crippen molar-refractivity contribution in [3.8, 4) is 0 Å². The highest BCUT2D eigenvalue weighted by Crippen LogP contribution is 2.27. The van der Waals surface area contributed by atoms with Crippen molar-refractivity contribution in [3.63, 3.8) is 0 Å². The topological polar surface area (TPSA) is 54.4 Å². The van der Waals surface area contributed by atoms with Crippen LogP contribution in [0.2, 0.25) is 0 Å². The number of carboxylic acids is 1. The number of carboxylic acid groups (broad SMARTS) is 1. The molecule has 0 radical (unpaired) electrons. The van der Waals surface area contributed by atoms with Gasteiger partial charge in [0, 0.05) is 6.07 Å². The third-order valence-corrected chi connectivity index (χ3v) is 2.95. The molecule has 3 nitrogen and oxygen atoms in total. The zero-order valence-corrected chi connectivity index (χ0v) is 8.23. The Morgan fingerprint density at radius 2 is 1.88 bits per heavy atom. The molecule has 0 aliphatic carbocycles. The second-order valence-electron chi connectivity index (χ2n) is 2.67. The summed E-state index contributed by atoms with van der Waals surface area (Å²) in [6.07, 6.45) is 0. The van der Waals surface area contributed by atoms with Crippen LogP contribution in [0.1, 0.15) is 0 Å². The molecule has 0 aliphatic heterocycles. The van der Waals surface area contributed by atoms with E-state index in [4.69, 9.17) is 5.11 Å². The molecular weight excluding hydrogens is 252 g/mol. The van der Waals surface area contributed by atoms with E-state index in [-0.39, 0.29) is 6.07 Å². The predicted octanol–water partition coefficient (Wildman–Crippen LogP) is 1.75. The summed E-state index contributed by atoms with van der Waals surface area (Å²) in [5.74, 6) is -5.18. The van der Waals surface area contributed by atoms with Gasteiger partial charge in [0.2, 0.25) is 0 Å². The summed E-state index contributed by atoms with van der Waals surface area (Å²) >= 11 is 0. The maximum absolute atomic E-state index is 12.9. The number of aliphatic carboxylic acids is 1. The lowest BCUT2D eigenvalue weighted by Gasteiger charge is -2.10. The van der Waals surface area contributed by atoms with Gasteiger partial charge in [0.1, 0.15) is 22.4 Å². The summed E-state index contributed by atoms with van der Waals surface area (Å²) in [6.45, 7) is 0. The first kappa shape index (κ1) is 12.6. The molecule has 0 aliphatic rings. The molecule has 16 heavy (non-hydrogen) atoms. The minimum absolute atomic E-state index is 0.241. The Labute approximate surface area is 89.2 Å². The van der Waals surface area contributed by atoms with Crippen molar-refractivity contribution >= 4 is 16.8 Å². The predicted molar refractivity (Wildman–Crippen MR) is 45.3 cm³/mol. The molecule has 88 valence electrons. The van der Waals surface area contributed by atoms with Crippen LogP contribution >= 0.6 is 0 Å². The molecule has 0 aromatic heterocycles. The Kier molecular flexibility index (Phi) is 3.32. The SMILES string of the molecule is O=C(O)C(F)(F)S(=O)c1ccc(F)cc1F. The van der Waals surface area contributed by atoms with E-state index in [1.165, 1.54) is 0 Å². The zero-order chi connectivity index (χ0) is 12.5. The summed E-state index contributed by atoms with van der Waals surface area (Å²) in [5.41, 5.74) is 0. The average Bonchev–Trinajstić information content (AvgIpc) is 2.16. The van der Waals surface area contributed by atoms with Crippen LogP contribution in [-0.2, 0) is 15.6 Å². The number of alkyl halides is 2. The van der Waals surface area contributed by atoms with Crippen molar-refractivity contribution in [2.45, 2.75) is 10.2 Å². The highest BCUT2D eigenvalue weighted by molar-refractivity contribution is 7.87. The lowest BCUT2D eigenvalue weighted by molar-refractivity contribution is -0.153. The van der Waals surface area contributed by atoms with E-state index in [1.54, 1.807) is 0 Å². The fourth-order valence-corrected chi connectivity index (χ4v) is 1.71. The third kappa shape index (κ3) is 2.21. The van der Waals surface area contributed by atoms with E-state index in [9.17, 15) is 26.6 Å². The number of rotatable bonds is 3. The summed E-state index contributed by atoms with van der Waals surface area (Å²) in [4.78, 5) is 9.01. The van der Waals surface area contributed by atoms with Gasteiger partial charge in [0.25, 0.3) is 0 Å². The minimum Gasteiger partial charge on any atom is -0.476 e. The van der Waals surface area contributed by atoms with Crippen LogP contribution in [0, 0.1) is 11.6 Å². The molecule has 0 bridgehead atoms. The van der Waals surface area contributed by atoms with E-state index in [0.29, 0.717) is 12.1 Å². The van der Waals surface area contributed by atoms with Crippen LogP contribution in [0.15, 0.2) is 23.1 Å². The van der Waals surface area contributed by atoms with E-state index in [1.807, 2.05) is 0 Å². The minimum atomic E-state index is -4.63. The van der Waals surface area contributed by atoms with Crippen molar-refractivity contribution in [2.75, 3.05) is 0 Å². The van der Waals surface area contributed by atoms with Crippen LogP contribution < -0.4 is 0 Å². The molecule has 0 saturated carbocycles. The van der Waals surface area contributed by atoms with E-state index in [0.717, 1.165) is 0 Å².